The van der Waals surface area contributed by atoms with E-state index in [9.17, 15) is 0 Å². The Morgan fingerprint density at radius 1 is 1.47 bits per heavy atom. The molecule has 5 heteroatoms. The van der Waals surface area contributed by atoms with Crippen molar-refractivity contribution in [1.29, 1.82) is 0 Å². The lowest BCUT2D eigenvalue weighted by Crippen LogP contribution is -2.33. The summed E-state index contributed by atoms with van der Waals surface area (Å²) in [5.41, 5.74) is 1.02. The van der Waals surface area contributed by atoms with E-state index in [1.165, 1.54) is 6.33 Å². The molecule has 0 aromatic carbocycles. The number of halogens is 1. The predicted octanol–water partition coefficient (Wildman–Crippen LogP) is 2.48. The van der Waals surface area contributed by atoms with Gasteiger partial charge in [-0.2, -0.15) is 0 Å². The fraction of sp³-hybridized carbons (Fsp3) is 0.667. The normalized spacial score (nSPS) is 19.9. The molecule has 1 saturated heterocycles. The summed E-state index contributed by atoms with van der Waals surface area (Å²) in [7, 11) is 2.05. The smallest absolute Gasteiger partial charge is 0.138 e. The first kappa shape index (κ1) is 12.6. The van der Waals surface area contributed by atoms with Crippen LogP contribution in [0.2, 0.25) is 5.15 Å². The maximum absolute atomic E-state index is 6.17. The number of rotatable bonds is 3. The summed E-state index contributed by atoms with van der Waals surface area (Å²) in [6.07, 6.45) is 2.56. The molecular formula is C12H18ClN3O. The highest BCUT2D eigenvalue weighted by atomic mass is 35.5. The SMILES string of the molecule is CC(C)c1c(Cl)ncnc1N(C)C1CCOC1. The summed E-state index contributed by atoms with van der Waals surface area (Å²) >= 11 is 6.17. The fourth-order valence-electron chi connectivity index (χ4n) is 2.14. The van der Waals surface area contributed by atoms with Crippen LogP contribution in [0.15, 0.2) is 6.33 Å². The molecule has 0 N–H and O–H groups in total. The van der Waals surface area contributed by atoms with Crippen LogP contribution in [-0.2, 0) is 4.74 Å². The zero-order valence-electron chi connectivity index (χ0n) is 10.5. The molecule has 1 aliphatic heterocycles. The van der Waals surface area contributed by atoms with E-state index in [-0.39, 0.29) is 0 Å². The molecule has 1 fully saturated rings. The molecule has 1 aromatic heterocycles. The quantitative estimate of drug-likeness (QED) is 0.778. The zero-order chi connectivity index (χ0) is 12.4. The second-order valence-electron chi connectivity index (χ2n) is 4.68. The second-order valence-corrected chi connectivity index (χ2v) is 5.04. The van der Waals surface area contributed by atoms with Crippen LogP contribution < -0.4 is 4.90 Å². The molecule has 1 aliphatic rings. The van der Waals surface area contributed by atoms with Crippen molar-refractivity contribution < 1.29 is 4.74 Å². The largest absolute Gasteiger partial charge is 0.379 e. The van der Waals surface area contributed by atoms with E-state index in [4.69, 9.17) is 16.3 Å². The Kier molecular flexibility index (Phi) is 3.84. The van der Waals surface area contributed by atoms with E-state index in [1.54, 1.807) is 0 Å². The van der Waals surface area contributed by atoms with E-state index >= 15 is 0 Å². The van der Waals surface area contributed by atoms with Crippen LogP contribution in [0.3, 0.4) is 0 Å². The third-order valence-electron chi connectivity index (χ3n) is 3.18. The average molecular weight is 256 g/mol. The average Bonchev–Trinajstić information content (AvgIpc) is 2.80. The molecule has 2 heterocycles. The minimum Gasteiger partial charge on any atom is -0.379 e. The van der Waals surface area contributed by atoms with Gasteiger partial charge in [-0.1, -0.05) is 25.4 Å². The molecule has 0 spiro atoms. The molecule has 0 bridgehead atoms. The molecule has 2 rings (SSSR count). The van der Waals surface area contributed by atoms with Crippen molar-refractivity contribution >= 4 is 17.4 Å². The van der Waals surface area contributed by atoms with Gasteiger partial charge in [-0.05, 0) is 12.3 Å². The van der Waals surface area contributed by atoms with Crippen molar-refractivity contribution in [3.63, 3.8) is 0 Å². The van der Waals surface area contributed by atoms with Gasteiger partial charge in [-0.25, -0.2) is 9.97 Å². The van der Waals surface area contributed by atoms with Gasteiger partial charge in [0.05, 0.1) is 12.6 Å². The Hall–Kier alpha value is -0.870. The molecule has 1 aromatic rings. The van der Waals surface area contributed by atoms with Crippen LogP contribution in [0, 0.1) is 0 Å². The summed E-state index contributed by atoms with van der Waals surface area (Å²) in [6, 6.07) is 0.387. The number of nitrogens with zero attached hydrogens (tertiary/aromatic N) is 3. The van der Waals surface area contributed by atoms with Crippen LogP contribution in [0.25, 0.3) is 0 Å². The maximum atomic E-state index is 6.17. The van der Waals surface area contributed by atoms with Gasteiger partial charge < -0.3 is 9.64 Å². The zero-order valence-corrected chi connectivity index (χ0v) is 11.2. The Morgan fingerprint density at radius 2 is 2.24 bits per heavy atom. The standard InChI is InChI=1S/C12H18ClN3O/c1-8(2)10-11(13)14-7-15-12(10)16(3)9-4-5-17-6-9/h7-9H,4-6H2,1-3H3. The third-order valence-corrected chi connectivity index (χ3v) is 3.48. The van der Waals surface area contributed by atoms with Crippen molar-refractivity contribution in [1.82, 2.24) is 9.97 Å². The summed E-state index contributed by atoms with van der Waals surface area (Å²) in [5, 5.41) is 0.552. The summed E-state index contributed by atoms with van der Waals surface area (Å²) in [5.74, 6) is 1.24. The molecule has 0 amide bonds. The van der Waals surface area contributed by atoms with Crippen LogP contribution in [-0.4, -0.2) is 36.3 Å². The van der Waals surface area contributed by atoms with Gasteiger partial charge in [0, 0.05) is 19.2 Å². The number of ether oxygens (including phenoxy) is 1. The number of hydrogen-bond acceptors (Lipinski definition) is 4. The van der Waals surface area contributed by atoms with Crippen LogP contribution in [0.4, 0.5) is 5.82 Å². The van der Waals surface area contributed by atoms with Crippen molar-refractivity contribution in [2.24, 2.45) is 0 Å². The van der Waals surface area contributed by atoms with Crippen molar-refractivity contribution in [2.75, 3.05) is 25.2 Å². The van der Waals surface area contributed by atoms with E-state index in [0.717, 1.165) is 31.0 Å². The minimum absolute atomic E-state index is 0.309. The first-order chi connectivity index (χ1) is 8.11. The van der Waals surface area contributed by atoms with Gasteiger partial charge in [0.15, 0.2) is 0 Å². The maximum Gasteiger partial charge on any atom is 0.138 e. The van der Waals surface area contributed by atoms with Gasteiger partial charge in [0.2, 0.25) is 0 Å². The first-order valence-corrected chi connectivity index (χ1v) is 6.30. The van der Waals surface area contributed by atoms with Crippen molar-refractivity contribution in [2.45, 2.75) is 32.2 Å². The molecule has 0 aliphatic carbocycles. The van der Waals surface area contributed by atoms with Gasteiger partial charge in [-0.3, -0.25) is 0 Å². The van der Waals surface area contributed by atoms with Crippen LogP contribution >= 0.6 is 11.6 Å². The molecule has 0 radical (unpaired) electrons. The van der Waals surface area contributed by atoms with Crippen molar-refractivity contribution in [3.05, 3.63) is 17.0 Å². The van der Waals surface area contributed by atoms with E-state index in [0.29, 0.717) is 17.1 Å². The lowest BCUT2D eigenvalue weighted by atomic mass is 10.0. The lowest BCUT2D eigenvalue weighted by molar-refractivity contribution is 0.193. The Bertz CT molecular complexity index is 391. The first-order valence-electron chi connectivity index (χ1n) is 5.92. The van der Waals surface area contributed by atoms with E-state index in [1.807, 2.05) is 7.05 Å². The minimum atomic E-state index is 0.309. The summed E-state index contributed by atoms with van der Waals surface area (Å²) < 4.78 is 5.41. The Morgan fingerprint density at radius 3 is 2.82 bits per heavy atom. The molecule has 0 saturated carbocycles. The summed E-state index contributed by atoms with van der Waals surface area (Å²) in [6.45, 7) is 5.79. The molecule has 94 valence electrons. The number of aromatic nitrogens is 2. The molecule has 1 unspecified atom stereocenters. The van der Waals surface area contributed by atoms with Crippen molar-refractivity contribution in [3.8, 4) is 0 Å². The third kappa shape index (κ3) is 2.53. The summed E-state index contributed by atoms with van der Waals surface area (Å²) in [4.78, 5) is 10.6. The molecule has 1 atom stereocenters. The van der Waals surface area contributed by atoms with Gasteiger partial charge in [-0.15, -0.1) is 0 Å². The van der Waals surface area contributed by atoms with Gasteiger partial charge in [0.1, 0.15) is 17.3 Å². The monoisotopic (exact) mass is 255 g/mol. The Balaban J connectivity index is 2.33. The molecule has 4 nitrogen and oxygen atoms in total. The topological polar surface area (TPSA) is 38.2 Å². The highest BCUT2D eigenvalue weighted by Crippen LogP contribution is 2.31. The van der Waals surface area contributed by atoms with Crippen LogP contribution in [0.5, 0.6) is 0 Å². The fourth-order valence-corrected chi connectivity index (χ4v) is 2.49. The predicted molar refractivity (Wildman–Crippen MR) is 68.8 cm³/mol. The van der Waals surface area contributed by atoms with Crippen LogP contribution in [0.1, 0.15) is 31.7 Å². The number of likely N-dealkylation sites (N-methyl/N-ethyl adjacent to an activating group) is 1. The second kappa shape index (κ2) is 5.19. The highest BCUT2D eigenvalue weighted by molar-refractivity contribution is 6.30. The molecule has 17 heavy (non-hydrogen) atoms. The molecular weight excluding hydrogens is 238 g/mol. The lowest BCUT2D eigenvalue weighted by Gasteiger charge is -2.27. The van der Waals surface area contributed by atoms with E-state index in [2.05, 4.69) is 28.7 Å². The Labute approximate surface area is 107 Å². The number of hydrogen-bond donors (Lipinski definition) is 0. The highest BCUT2D eigenvalue weighted by Gasteiger charge is 2.25. The van der Waals surface area contributed by atoms with Gasteiger partial charge in [0.25, 0.3) is 0 Å². The van der Waals surface area contributed by atoms with Gasteiger partial charge >= 0.3 is 0 Å². The number of anilines is 1. The van der Waals surface area contributed by atoms with E-state index < -0.39 is 0 Å².